The summed E-state index contributed by atoms with van der Waals surface area (Å²) in [6.45, 7) is 2.59. The van der Waals surface area contributed by atoms with Gasteiger partial charge >= 0.3 is 5.97 Å². The van der Waals surface area contributed by atoms with E-state index in [1.165, 1.54) is 6.92 Å². The lowest BCUT2D eigenvalue weighted by atomic mass is 9.98. The molecule has 8 amide bonds. The van der Waals surface area contributed by atoms with Crippen LogP contribution in [0.15, 0.2) is 29.3 Å². The third-order valence-corrected chi connectivity index (χ3v) is 11.9. The van der Waals surface area contributed by atoms with Crippen LogP contribution in [0.1, 0.15) is 45.6 Å². The lowest BCUT2D eigenvalue weighted by molar-refractivity contribution is -0.160. The standard InChI is InChI=1S/C38H52N10O12S/c1-4-17(2)30-35(57)41-12-28(52)42-25-16-61-36-21(20-7-5-6-8-22(20)44-36)10-23(32(54)40-13-29(53)45-30)47-60-38(59)31(18(3)15-49)46-34(56)26-9-19(50)14-48(26)37(58)24(11-27(39)51)43-33(25)55/h5-8,17-19,23-26,30-31,44,47,49-50H,4,9-16H2,1-3H3,(H2,39,51)(H,40,54)(H,41,57)(H,42,52)(H,43,55)(H,45,53)(H,46,56)/t17?,18-,19?,23?,24?,25?,26?,30?,31+/m0/s1. The van der Waals surface area contributed by atoms with Gasteiger partial charge in [-0.2, -0.15) is 0 Å². The first-order valence-corrected chi connectivity index (χ1v) is 20.8. The molecule has 5 rings (SSSR count). The van der Waals surface area contributed by atoms with Gasteiger partial charge in [0.1, 0.15) is 36.3 Å². The molecule has 1 aromatic heterocycles. The van der Waals surface area contributed by atoms with E-state index >= 15 is 0 Å². The number of primary amides is 1. The number of fused-ring (bicyclic) bond motifs is 5. The number of aromatic nitrogens is 1. The predicted molar refractivity (Wildman–Crippen MR) is 215 cm³/mol. The molecule has 7 unspecified atom stereocenters. The monoisotopic (exact) mass is 872 g/mol. The van der Waals surface area contributed by atoms with Gasteiger partial charge in [-0.05, 0) is 17.5 Å². The van der Waals surface area contributed by atoms with E-state index in [0.29, 0.717) is 27.9 Å². The summed E-state index contributed by atoms with van der Waals surface area (Å²) < 4.78 is 0. The number of nitrogens with one attached hydrogen (secondary N) is 8. The zero-order valence-electron chi connectivity index (χ0n) is 33.8. The minimum absolute atomic E-state index is 0.217. The Bertz CT molecular complexity index is 2030. The number of amides is 8. The van der Waals surface area contributed by atoms with Crippen molar-refractivity contribution in [3.63, 3.8) is 0 Å². The van der Waals surface area contributed by atoms with Crippen molar-refractivity contribution in [1.82, 2.24) is 47.3 Å². The fourth-order valence-electron chi connectivity index (χ4n) is 7.14. The minimum atomic E-state index is -1.70. The molecule has 3 aliphatic rings. The average Bonchev–Trinajstić information content (AvgIpc) is 3.80. The van der Waals surface area contributed by atoms with E-state index in [4.69, 9.17) is 10.6 Å². The van der Waals surface area contributed by atoms with Crippen molar-refractivity contribution in [3.8, 4) is 0 Å². The maximum Gasteiger partial charge on any atom is 0.347 e. The zero-order valence-corrected chi connectivity index (χ0v) is 34.6. The third kappa shape index (κ3) is 11.5. The number of para-hydroxylation sites is 1. The van der Waals surface area contributed by atoms with E-state index in [1.54, 1.807) is 38.1 Å². The molecule has 0 aliphatic carbocycles. The highest BCUT2D eigenvalue weighted by atomic mass is 32.2. The maximum atomic E-state index is 14.2. The van der Waals surface area contributed by atoms with E-state index in [9.17, 15) is 53.4 Å². The van der Waals surface area contributed by atoms with E-state index in [2.05, 4.69) is 42.4 Å². The largest absolute Gasteiger partial charge is 0.396 e. The van der Waals surface area contributed by atoms with Crippen LogP contribution in [0.25, 0.3) is 10.9 Å². The number of nitrogens with two attached hydrogens (primary N) is 1. The molecule has 0 radical (unpaired) electrons. The van der Waals surface area contributed by atoms with Crippen LogP contribution in [-0.2, 0) is 54.4 Å². The summed E-state index contributed by atoms with van der Waals surface area (Å²) >= 11 is 1.04. The molecular weight excluding hydrogens is 821 g/mol. The number of H-pyrrole nitrogens is 1. The van der Waals surface area contributed by atoms with Crippen LogP contribution < -0.4 is 43.1 Å². The van der Waals surface area contributed by atoms with Crippen molar-refractivity contribution in [2.45, 2.75) is 93.8 Å². The van der Waals surface area contributed by atoms with Crippen LogP contribution in [0, 0.1) is 11.8 Å². The first kappa shape index (κ1) is 46.3. The van der Waals surface area contributed by atoms with E-state index in [-0.39, 0.29) is 18.6 Å². The molecule has 22 nitrogen and oxygen atoms in total. The Morgan fingerprint density at radius 2 is 1.57 bits per heavy atom. The van der Waals surface area contributed by atoms with Crippen molar-refractivity contribution in [3.05, 3.63) is 29.8 Å². The van der Waals surface area contributed by atoms with Crippen molar-refractivity contribution in [2.75, 3.05) is 32.0 Å². The normalized spacial score (nSPS) is 27.8. The van der Waals surface area contributed by atoms with Crippen molar-refractivity contribution in [1.29, 1.82) is 0 Å². The number of hydrogen-bond donors (Lipinski definition) is 11. The molecule has 1 fully saturated rings. The second kappa shape index (κ2) is 20.7. The van der Waals surface area contributed by atoms with Crippen LogP contribution in [0.5, 0.6) is 0 Å². The van der Waals surface area contributed by atoms with E-state index < -0.39 is 140 Å². The average molecular weight is 873 g/mol. The molecule has 1 saturated heterocycles. The van der Waals surface area contributed by atoms with Crippen LogP contribution in [0.3, 0.4) is 0 Å². The topological polar surface area (TPSA) is 333 Å². The number of aromatic amines is 1. The fraction of sp³-hybridized carbons (Fsp3) is 0.553. The summed E-state index contributed by atoms with van der Waals surface area (Å²) in [6.07, 6.45) is -2.11. The van der Waals surface area contributed by atoms with Crippen LogP contribution in [0.4, 0.5) is 0 Å². The number of hydrogen-bond acceptors (Lipinski definition) is 14. The first-order valence-electron chi connectivity index (χ1n) is 19.8. The second-order valence-electron chi connectivity index (χ2n) is 15.3. The molecule has 332 valence electrons. The summed E-state index contributed by atoms with van der Waals surface area (Å²) in [6, 6.07) is -1.79. The Morgan fingerprint density at radius 3 is 2.26 bits per heavy atom. The molecule has 61 heavy (non-hydrogen) atoms. The smallest absolute Gasteiger partial charge is 0.347 e. The third-order valence-electron chi connectivity index (χ3n) is 10.8. The molecule has 23 heteroatoms. The molecule has 12 N–H and O–H groups in total. The van der Waals surface area contributed by atoms with Crippen LogP contribution in [-0.4, -0.2) is 148 Å². The Labute approximate surface area is 353 Å². The number of carbonyl (C=O) groups is 9. The van der Waals surface area contributed by atoms with Gasteiger partial charge in [0.2, 0.25) is 47.3 Å². The molecule has 4 heterocycles. The van der Waals surface area contributed by atoms with Gasteiger partial charge < -0.3 is 62.6 Å². The lowest BCUT2D eigenvalue weighted by Gasteiger charge is -2.30. The molecule has 9 atom stereocenters. The zero-order chi connectivity index (χ0) is 44.5. The molecule has 0 spiro atoms. The number of benzene rings is 1. The van der Waals surface area contributed by atoms with Gasteiger partial charge in [-0.1, -0.05) is 45.4 Å². The maximum absolute atomic E-state index is 14.2. The number of thioether (sulfide) groups is 1. The van der Waals surface area contributed by atoms with Gasteiger partial charge in [0.15, 0.2) is 0 Å². The molecule has 2 aromatic rings. The molecule has 3 aliphatic heterocycles. The quantitative estimate of drug-likeness (QED) is 0.132. The molecule has 2 bridgehead atoms. The van der Waals surface area contributed by atoms with Gasteiger partial charge in [-0.25, -0.2) is 4.79 Å². The van der Waals surface area contributed by atoms with Crippen molar-refractivity contribution in [2.24, 2.45) is 17.6 Å². The molecule has 1 aromatic carbocycles. The van der Waals surface area contributed by atoms with Crippen LogP contribution >= 0.6 is 11.8 Å². The SMILES string of the molecule is CCC(C)C1NC(=O)CNC(=O)C2Cc3c([nH]c4ccccc34)SCC(NC(=O)CNC1=O)C(=O)NC(CC(N)=O)C(=O)N1CC(O)CC1C(=O)N[C@H]([C@@H](C)CO)C(=O)ON2. The van der Waals surface area contributed by atoms with Gasteiger partial charge in [0, 0.05) is 48.6 Å². The van der Waals surface area contributed by atoms with Crippen molar-refractivity contribution < 1.29 is 58.2 Å². The second-order valence-corrected chi connectivity index (χ2v) is 16.4. The number of aliphatic hydroxyl groups is 2. The summed E-state index contributed by atoms with van der Waals surface area (Å²) in [7, 11) is 0. The summed E-state index contributed by atoms with van der Waals surface area (Å²) in [4.78, 5) is 132. The lowest BCUT2D eigenvalue weighted by Crippen LogP contribution is -2.59. The summed E-state index contributed by atoms with van der Waals surface area (Å²) in [5, 5.41) is 36.8. The highest BCUT2D eigenvalue weighted by molar-refractivity contribution is 7.99. The summed E-state index contributed by atoms with van der Waals surface area (Å²) in [5.74, 6) is -9.88. The predicted octanol–water partition coefficient (Wildman–Crippen LogP) is -4.07. The fourth-order valence-corrected chi connectivity index (χ4v) is 8.26. The highest BCUT2D eigenvalue weighted by Crippen LogP contribution is 2.32. The van der Waals surface area contributed by atoms with Gasteiger partial charge in [-0.15, -0.1) is 17.2 Å². The number of rotatable bonds is 6. The molecular formula is C38H52N10O12S. The van der Waals surface area contributed by atoms with E-state index in [0.717, 1.165) is 16.7 Å². The Morgan fingerprint density at radius 1 is 0.885 bits per heavy atom. The first-order chi connectivity index (χ1) is 29.0. The van der Waals surface area contributed by atoms with Gasteiger partial charge in [-0.3, -0.25) is 38.4 Å². The van der Waals surface area contributed by atoms with Crippen LogP contribution in [0.2, 0.25) is 0 Å². The number of aliphatic hydroxyl groups excluding tert-OH is 2. The van der Waals surface area contributed by atoms with E-state index in [1.807, 2.05) is 0 Å². The Hall–Kier alpha value is -5.78. The van der Waals surface area contributed by atoms with Gasteiger partial charge in [0.05, 0.1) is 30.6 Å². The molecule has 0 saturated carbocycles. The number of carbonyl (C=O) groups excluding carboxylic acids is 9. The van der Waals surface area contributed by atoms with Gasteiger partial charge in [0.25, 0.3) is 0 Å². The number of nitrogens with zero attached hydrogens (tertiary/aromatic N) is 1. The Kier molecular flexibility index (Phi) is 15.7. The minimum Gasteiger partial charge on any atom is -0.396 e. The summed E-state index contributed by atoms with van der Waals surface area (Å²) in [5.41, 5.74) is 9.05. The Balaban J connectivity index is 1.65. The highest BCUT2D eigenvalue weighted by Gasteiger charge is 2.44. The number of hydroxylamine groups is 1. The van der Waals surface area contributed by atoms with Crippen molar-refractivity contribution >= 4 is 75.9 Å².